The maximum absolute atomic E-state index is 6.21. The molecule has 1 aliphatic rings. The number of hydrogen-bond donors (Lipinski definition) is 1. The molecule has 0 spiro atoms. The van der Waals surface area contributed by atoms with Crippen LogP contribution < -0.4 is 5.73 Å². The first kappa shape index (κ1) is 13.5. The maximum Gasteiger partial charge on any atom is 0.201 e. The van der Waals surface area contributed by atoms with Crippen LogP contribution in [0, 0.1) is 10.8 Å². The second-order valence-electron chi connectivity index (χ2n) is 7.90. The van der Waals surface area contributed by atoms with Crippen LogP contribution in [0.4, 0.5) is 5.95 Å². The second kappa shape index (κ2) is 4.24. The first-order valence-electron chi connectivity index (χ1n) is 7.50. The molecule has 3 heteroatoms. The van der Waals surface area contributed by atoms with Crippen LogP contribution in [0.15, 0.2) is 24.3 Å². The van der Waals surface area contributed by atoms with E-state index >= 15 is 0 Å². The zero-order valence-electron chi connectivity index (χ0n) is 13.0. The lowest BCUT2D eigenvalue weighted by molar-refractivity contribution is 0.0746. The Morgan fingerprint density at radius 3 is 2.35 bits per heavy atom. The molecule has 1 fully saturated rings. The maximum atomic E-state index is 6.21. The second-order valence-corrected chi connectivity index (χ2v) is 7.90. The zero-order chi connectivity index (χ0) is 14.5. The molecule has 108 valence electrons. The predicted molar refractivity (Wildman–Crippen MR) is 84.6 cm³/mol. The van der Waals surface area contributed by atoms with E-state index in [1.165, 1.54) is 24.8 Å². The Hall–Kier alpha value is -1.51. The molecule has 2 aromatic rings. The van der Waals surface area contributed by atoms with E-state index in [9.17, 15) is 0 Å². The summed E-state index contributed by atoms with van der Waals surface area (Å²) in [5, 5.41) is 0. The molecule has 0 saturated heterocycles. The molecular weight excluding hydrogens is 246 g/mol. The Balaban J connectivity index is 2.08. The van der Waals surface area contributed by atoms with Gasteiger partial charge in [-0.1, -0.05) is 39.8 Å². The topological polar surface area (TPSA) is 43.8 Å². The highest BCUT2D eigenvalue weighted by Crippen LogP contribution is 2.51. The Bertz CT molecular complexity index is 621. The molecule has 2 N–H and O–H groups in total. The molecule has 1 aliphatic carbocycles. The van der Waals surface area contributed by atoms with Crippen molar-refractivity contribution in [2.45, 2.75) is 53.0 Å². The minimum atomic E-state index is 0.351. The monoisotopic (exact) mass is 271 g/mol. The Morgan fingerprint density at radius 2 is 1.70 bits per heavy atom. The smallest absolute Gasteiger partial charge is 0.201 e. The normalized spacial score (nSPS) is 22.2. The standard InChI is InChI=1S/C17H25N3/c1-16(2)9-12(10-17(3,4)11-16)20-14-8-6-5-7-13(14)19-15(20)18/h5-8,12H,9-11H2,1-4H3,(H2,18,19). The molecule has 0 amide bonds. The highest BCUT2D eigenvalue weighted by molar-refractivity contribution is 5.78. The number of imidazole rings is 1. The molecule has 0 bridgehead atoms. The first-order chi connectivity index (χ1) is 9.27. The summed E-state index contributed by atoms with van der Waals surface area (Å²) >= 11 is 0. The number of aromatic nitrogens is 2. The van der Waals surface area contributed by atoms with Crippen LogP contribution in [0.3, 0.4) is 0 Å². The third kappa shape index (κ3) is 2.30. The lowest BCUT2D eigenvalue weighted by Crippen LogP contribution is -2.35. The molecular formula is C17H25N3. The van der Waals surface area contributed by atoms with E-state index in [-0.39, 0.29) is 0 Å². The third-order valence-corrected chi connectivity index (χ3v) is 4.52. The third-order valence-electron chi connectivity index (χ3n) is 4.52. The molecule has 1 heterocycles. The van der Waals surface area contributed by atoms with Crippen molar-refractivity contribution >= 4 is 17.0 Å². The average Bonchev–Trinajstić information content (AvgIpc) is 2.60. The van der Waals surface area contributed by atoms with Crippen molar-refractivity contribution in [2.24, 2.45) is 10.8 Å². The van der Waals surface area contributed by atoms with Gasteiger partial charge in [-0.05, 0) is 42.2 Å². The van der Waals surface area contributed by atoms with Gasteiger partial charge in [-0.3, -0.25) is 0 Å². The van der Waals surface area contributed by atoms with Crippen LogP contribution in [0.2, 0.25) is 0 Å². The van der Waals surface area contributed by atoms with Crippen LogP contribution in [0.25, 0.3) is 11.0 Å². The number of benzene rings is 1. The van der Waals surface area contributed by atoms with E-state index in [4.69, 9.17) is 5.73 Å². The van der Waals surface area contributed by atoms with Gasteiger partial charge in [-0.2, -0.15) is 0 Å². The van der Waals surface area contributed by atoms with Crippen molar-refractivity contribution < 1.29 is 0 Å². The highest BCUT2D eigenvalue weighted by Gasteiger charge is 2.39. The first-order valence-corrected chi connectivity index (χ1v) is 7.50. The average molecular weight is 271 g/mol. The molecule has 0 atom stereocenters. The number of rotatable bonds is 1. The van der Waals surface area contributed by atoms with Gasteiger partial charge in [-0.15, -0.1) is 0 Å². The number of nitrogens with two attached hydrogens (primary N) is 1. The molecule has 0 unspecified atom stereocenters. The van der Waals surface area contributed by atoms with Crippen molar-refractivity contribution in [3.63, 3.8) is 0 Å². The summed E-state index contributed by atoms with van der Waals surface area (Å²) in [6, 6.07) is 8.71. The van der Waals surface area contributed by atoms with E-state index in [2.05, 4.69) is 49.4 Å². The summed E-state index contributed by atoms with van der Waals surface area (Å²) in [5.74, 6) is 0.657. The quantitative estimate of drug-likeness (QED) is 0.835. The number of nitrogen functional groups attached to an aromatic ring is 1. The van der Waals surface area contributed by atoms with Crippen molar-refractivity contribution in [1.82, 2.24) is 9.55 Å². The molecule has 3 rings (SSSR count). The zero-order valence-corrected chi connectivity index (χ0v) is 13.0. The van der Waals surface area contributed by atoms with Gasteiger partial charge in [0.05, 0.1) is 11.0 Å². The summed E-state index contributed by atoms with van der Waals surface area (Å²) in [6.07, 6.45) is 3.60. The van der Waals surface area contributed by atoms with Crippen LogP contribution in [-0.4, -0.2) is 9.55 Å². The van der Waals surface area contributed by atoms with Crippen molar-refractivity contribution in [2.75, 3.05) is 5.73 Å². The molecule has 1 saturated carbocycles. The van der Waals surface area contributed by atoms with Crippen LogP contribution in [0.1, 0.15) is 53.0 Å². The van der Waals surface area contributed by atoms with Gasteiger partial charge < -0.3 is 10.3 Å². The summed E-state index contributed by atoms with van der Waals surface area (Å²) in [6.45, 7) is 9.48. The van der Waals surface area contributed by atoms with E-state index in [0.29, 0.717) is 22.8 Å². The number of fused-ring (bicyclic) bond motifs is 1. The molecule has 3 nitrogen and oxygen atoms in total. The number of anilines is 1. The molecule has 20 heavy (non-hydrogen) atoms. The highest BCUT2D eigenvalue weighted by atomic mass is 15.2. The predicted octanol–water partition coefficient (Wildman–Crippen LogP) is 4.40. The Labute approximate surface area is 121 Å². The van der Waals surface area contributed by atoms with E-state index in [1.807, 2.05) is 12.1 Å². The van der Waals surface area contributed by atoms with Crippen LogP contribution >= 0.6 is 0 Å². The van der Waals surface area contributed by atoms with Gasteiger partial charge in [-0.25, -0.2) is 4.98 Å². The number of nitrogens with zero attached hydrogens (tertiary/aromatic N) is 2. The van der Waals surface area contributed by atoms with Crippen molar-refractivity contribution in [3.05, 3.63) is 24.3 Å². The fraction of sp³-hybridized carbons (Fsp3) is 0.588. The lowest BCUT2D eigenvalue weighted by atomic mass is 9.63. The molecule has 1 aromatic heterocycles. The van der Waals surface area contributed by atoms with Crippen molar-refractivity contribution in [1.29, 1.82) is 0 Å². The van der Waals surface area contributed by atoms with E-state index < -0.39 is 0 Å². The summed E-state index contributed by atoms with van der Waals surface area (Å²) in [7, 11) is 0. The lowest BCUT2D eigenvalue weighted by Gasteiger charge is -2.45. The Kier molecular flexibility index (Phi) is 2.86. The molecule has 0 radical (unpaired) electrons. The Morgan fingerprint density at radius 1 is 1.10 bits per heavy atom. The van der Waals surface area contributed by atoms with Gasteiger partial charge in [0.1, 0.15) is 0 Å². The van der Waals surface area contributed by atoms with Crippen LogP contribution in [-0.2, 0) is 0 Å². The van der Waals surface area contributed by atoms with E-state index in [0.717, 1.165) is 5.52 Å². The molecule has 1 aromatic carbocycles. The fourth-order valence-corrected chi connectivity index (χ4v) is 4.42. The molecule has 0 aliphatic heterocycles. The van der Waals surface area contributed by atoms with Crippen molar-refractivity contribution in [3.8, 4) is 0 Å². The van der Waals surface area contributed by atoms with Gasteiger partial charge in [0.25, 0.3) is 0 Å². The summed E-state index contributed by atoms with van der Waals surface area (Å²) in [5.41, 5.74) is 9.09. The SMILES string of the molecule is CC1(C)CC(n2c(N)nc3ccccc32)CC(C)(C)C1. The largest absolute Gasteiger partial charge is 0.369 e. The minimum absolute atomic E-state index is 0.351. The summed E-state index contributed by atoms with van der Waals surface area (Å²) in [4.78, 5) is 4.52. The van der Waals surface area contributed by atoms with E-state index in [1.54, 1.807) is 0 Å². The minimum Gasteiger partial charge on any atom is -0.369 e. The number of hydrogen-bond acceptors (Lipinski definition) is 2. The van der Waals surface area contributed by atoms with Gasteiger partial charge in [0.2, 0.25) is 5.95 Å². The number of para-hydroxylation sites is 2. The summed E-state index contributed by atoms with van der Waals surface area (Å²) < 4.78 is 2.26. The van der Waals surface area contributed by atoms with Gasteiger partial charge >= 0.3 is 0 Å². The fourth-order valence-electron chi connectivity index (χ4n) is 4.42. The van der Waals surface area contributed by atoms with Gasteiger partial charge in [0.15, 0.2) is 0 Å². The van der Waals surface area contributed by atoms with Crippen LogP contribution in [0.5, 0.6) is 0 Å². The van der Waals surface area contributed by atoms with Gasteiger partial charge in [0, 0.05) is 6.04 Å².